The molecule has 3 rings (SSSR count). The van der Waals surface area contributed by atoms with E-state index < -0.39 is 0 Å². The number of pyridine rings is 1. The molecule has 17 heavy (non-hydrogen) atoms. The lowest BCUT2D eigenvalue weighted by Crippen LogP contribution is -2.26. The van der Waals surface area contributed by atoms with E-state index in [1.165, 1.54) is 25.7 Å². The standard InChI is InChI=1S/C13H14ClN3/c14-12-10(7-15)3-4-16-13(12)17-11-6-8-1-2-9(11)5-8/h3-4,8-9,11H,1-2,5-6H2,(H,16,17). The van der Waals surface area contributed by atoms with Crippen LogP contribution in [0.5, 0.6) is 0 Å². The van der Waals surface area contributed by atoms with Gasteiger partial charge in [0.1, 0.15) is 16.9 Å². The van der Waals surface area contributed by atoms with E-state index in [2.05, 4.69) is 16.4 Å². The lowest BCUT2D eigenvalue weighted by Gasteiger charge is -2.23. The highest BCUT2D eigenvalue weighted by atomic mass is 35.5. The zero-order valence-electron chi connectivity index (χ0n) is 9.49. The third kappa shape index (κ3) is 1.87. The van der Waals surface area contributed by atoms with Gasteiger partial charge in [-0.1, -0.05) is 18.0 Å². The quantitative estimate of drug-likeness (QED) is 0.873. The highest BCUT2D eigenvalue weighted by Crippen LogP contribution is 2.45. The van der Waals surface area contributed by atoms with Crippen LogP contribution < -0.4 is 5.32 Å². The fraction of sp³-hybridized carbons (Fsp3) is 0.538. The molecule has 3 atom stereocenters. The molecule has 3 nitrogen and oxygen atoms in total. The van der Waals surface area contributed by atoms with Gasteiger partial charge < -0.3 is 5.32 Å². The van der Waals surface area contributed by atoms with Crippen LogP contribution in [0, 0.1) is 23.2 Å². The molecule has 0 saturated heterocycles. The smallest absolute Gasteiger partial charge is 0.146 e. The number of aromatic nitrogens is 1. The minimum atomic E-state index is 0.456. The van der Waals surface area contributed by atoms with Crippen molar-refractivity contribution in [1.82, 2.24) is 4.98 Å². The summed E-state index contributed by atoms with van der Waals surface area (Å²) in [5.41, 5.74) is 0.493. The summed E-state index contributed by atoms with van der Waals surface area (Å²) in [7, 11) is 0. The summed E-state index contributed by atoms with van der Waals surface area (Å²) in [6.45, 7) is 0. The third-order valence-electron chi connectivity index (χ3n) is 4.07. The Morgan fingerprint density at radius 3 is 2.94 bits per heavy atom. The number of rotatable bonds is 2. The van der Waals surface area contributed by atoms with Crippen molar-refractivity contribution in [3.63, 3.8) is 0 Å². The van der Waals surface area contributed by atoms with E-state index in [1.807, 2.05) is 0 Å². The van der Waals surface area contributed by atoms with Gasteiger partial charge in [-0.3, -0.25) is 0 Å². The van der Waals surface area contributed by atoms with Crippen molar-refractivity contribution in [2.24, 2.45) is 11.8 Å². The van der Waals surface area contributed by atoms with Crippen LogP contribution in [0.25, 0.3) is 0 Å². The van der Waals surface area contributed by atoms with E-state index >= 15 is 0 Å². The lowest BCUT2D eigenvalue weighted by molar-refractivity contribution is 0.439. The Hall–Kier alpha value is -1.27. The van der Waals surface area contributed by atoms with Crippen LogP contribution in [0.15, 0.2) is 12.3 Å². The number of hydrogen-bond acceptors (Lipinski definition) is 3. The van der Waals surface area contributed by atoms with Gasteiger partial charge in [0.05, 0.1) is 5.56 Å². The van der Waals surface area contributed by atoms with Gasteiger partial charge in [-0.2, -0.15) is 5.26 Å². The monoisotopic (exact) mass is 247 g/mol. The Kier molecular flexibility index (Phi) is 2.68. The molecule has 0 radical (unpaired) electrons. The molecule has 2 saturated carbocycles. The molecule has 0 spiro atoms. The third-order valence-corrected chi connectivity index (χ3v) is 4.45. The Labute approximate surface area is 106 Å². The molecule has 2 bridgehead atoms. The molecule has 0 amide bonds. The minimum absolute atomic E-state index is 0.456. The molecule has 2 aliphatic carbocycles. The van der Waals surface area contributed by atoms with Gasteiger partial charge in [-0.15, -0.1) is 0 Å². The zero-order chi connectivity index (χ0) is 11.8. The number of halogens is 1. The number of nitriles is 1. The molecule has 4 heteroatoms. The van der Waals surface area contributed by atoms with Crippen LogP contribution in [0.4, 0.5) is 5.82 Å². The molecule has 1 aromatic rings. The van der Waals surface area contributed by atoms with Crippen molar-refractivity contribution in [2.75, 3.05) is 5.32 Å². The van der Waals surface area contributed by atoms with E-state index in [4.69, 9.17) is 16.9 Å². The van der Waals surface area contributed by atoms with E-state index in [0.717, 1.165) is 11.8 Å². The molecule has 2 aliphatic rings. The molecule has 3 unspecified atom stereocenters. The van der Waals surface area contributed by atoms with Gasteiger partial charge in [-0.05, 0) is 37.2 Å². The Morgan fingerprint density at radius 1 is 1.41 bits per heavy atom. The van der Waals surface area contributed by atoms with Crippen molar-refractivity contribution < 1.29 is 0 Å². The first-order valence-electron chi connectivity index (χ1n) is 6.09. The summed E-state index contributed by atoms with van der Waals surface area (Å²) >= 11 is 6.14. The first-order chi connectivity index (χ1) is 8.28. The van der Waals surface area contributed by atoms with Crippen molar-refractivity contribution in [3.8, 4) is 6.07 Å². The summed E-state index contributed by atoms with van der Waals surface area (Å²) in [5.74, 6) is 2.32. The van der Waals surface area contributed by atoms with Crippen LogP contribution in [0.3, 0.4) is 0 Å². The fourth-order valence-corrected chi connectivity index (χ4v) is 3.44. The van der Waals surface area contributed by atoms with E-state index in [1.54, 1.807) is 12.3 Å². The molecular weight excluding hydrogens is 234 g/mol. The van der Waals surface area contributed by atoms with E-state index in [0.29, 0.717) is 22.4 Å². The summed E-state index contributed by atoms with van der Waals surface area (Å²) in [6, 6.07) is 4.22. The zero-order valence-corrected chi connectivity index (χ0v) is 10.2. The Balaban J connectivity index is 1.80. The normalized spacial score (nSPS) is 30.2. The molecule has 0 aromatic carbocycles. The summed E-state index contributed by atoms with van der Waals surface area (Å²) in [4.78, 5) is 4.24. The highest BCUT2D eigenvalue weighted by molar-refractivity contribution is 6.34. The molecule has 88 valence electrons. The minimum Gasteiger partial charge on any atom is -0.366 e. The molecule has 1 N–H and O–H groups in total. The first kappa shape index (κ1) is 10.9. The SMILES string of the molecule is N#Cc1ccnc(NC2CC3CCC2C3)c1Cl. The predicted octanol–water partition coefficient (Wildman–Crippen LogP) is 3.21. The Bertz CT molecular complexity index is 480. The summed E-state index contributed by atoms with van der Waals surface area (Å²) < 4.78 is 0. The van der Waals surface area contributed by atoms with E-state index in [-0.39, 0.29) is 0 Å². The number of anilines is 1. The maximum atomic E-state index is 8.92. The summed E-state index contributed by atoms with van der Waals surface area (Å²) in [6.07, 6.45) is 6.90. The first-order valence-corrected chi connectivity index (χ1v) is 6.47. The van der Waals surface area contributed by atoms with Gasteiger partial charge >= 0.3 is 0 Å². The average molecular weight is 248 g/mol. The summed E-state index contributed by atoms with van der Waals surface area (Å²) in [5, 5.41) is 12.8. The molecule has 1 aromatic heterocycles. The second kappa shape index (κ2) is 4.19. The van der Waals surface area contributed by atoms with Crippen molar-refractivity contribution in [3.05, 3.63) is 22.8 Å². The van der Waals surface area contributed by atoms with Crippen molar-refractivity contribution in [1.29, 1.82) is 5.26 Å². The Morgan fingerprint density at radius 2 is 2.29 bits per heavy atom. The number of nitrogens with one attached hydrogen (secondary N) is 1. The number of hydrogen-bond donors (Lipinski definition) is 1. The lowest BCUT2D eigenvalue weighted by atomic mass is 9.95. The maximum Gasteiger partial charge on any atom is 0.146 e. The van der Waals surface area contributed by atoms with Crippen LogP contribution in [0.2, 0.25) is 5.02 Å². The number of fused-ring (bicyclic) bond motifs is 2. The van der Waals surface area contributed by atoms with Crippen LogP contribution in [0.1, 0.15) is 31.2 Å². The molecule has 1 heterocycles. The molecule has 2 fully saturated rings. The predicted molar refractivity (Wildman–Crippen MR) is 66.8 cm³/mol. The second-order valence-electron chi connectivity index (χ2n) is 5.06. The van der Waals surface area contributed by atoms with Crippen LogP contribution >= 0.6 is 11.6 Å². The van der Waals surface area contributed by atoms with Crippen molar-refractivity contribution in [2.45, 2.75) is 31.7 Å². The largest absolute Gasteiger partial charge is 0.366 e. The van der Waals surface area contributed by atoms with Gasteiger partial charge in [0.15, 0.2) is 0 Å². The highest BCUT2D eigenvalue weighted by Gasteiger charge is 2.39. The van der Waals surface area contributed by atoms with Crippen LogP contribution in [-0.4, -0.2) is 11.0 Å². The fourth-order valence-electron chi connectivity index (χ4n) is 3.23. The topological polar surface area (TPSA) is 48.7 Å². The van der Waals surface area contributed by atoms with Crippen molar-refractivity contribution >= 4 is 17.4 Å². The van der Waals surface area contributed by atoms with E-state index in [9.17, 15) is 0 Å². The average Bonchev–Trinajstić information content (AvgIpc) is 2.94. The van der Waals surface area contributed by atoms with Gasteiger partial charge in [0, 0.05) is 12.2 Å². The maximum absolute atomic E-state index is 8.92. The molecule has 0 aliphatic heterocycles. The van der Waals surface area contributed by atoms with Gasteiger partial charge in [-0.25, -0.2) is 4.98 Å². The number of nitrogens with zero attached hydrogens (tertiary/aromatic N) is 2. The molecular formula is C13H14ClN3. The second-order valence-corrected chi connectivity index (χ2v) is 5.44. The van der Waals surface area contributed by atoms with Gasteiger partial charge in [0.2, 0.25) is 0 Å². The van der Waals surface area contributed by atoms with Gasteiger partial charge in [0.25, 0.3) is 0 Å². The van der Waals surface area contributed by atoms with Crippen LogP contribution in [-0.2, 0) is 0 Å².